The SMILES string of the molecule is Nc1cc(Br)ccc1NC1Cc2ccccc2C1. The molecule has 0 fully saturated rings. The van der Waals surface area contributed by atoms with Gasteiger partial charge in [-0.3, -0.25) is 0 Å². The van der Waals surface area contributed by atoms with Gasteiger partial charge < -0.3 is 11.1 Å². The summed E-state index contributed by atoms with van der Waals surface area (Å²) in [6.07, 6.45) is 2.15. The van der Waals surface area contributed by atoms with Crippen molar-refractivity contribution in [2.75, 3.05) is 11.1 Å². The molecule has 3 rings (SSSR count). The topological polar surface area (TPSA) is 38.0 Å². The quantitative estimate of drug-likeness (QED) is 0.832. The summed E-state index contributed by atoms with van der Waals surface area (Å²) in [5.74, 6) is 0. The van der Waals surface area contributed by atoms with Crippen molar-refractivity contribution in [2.24, 2.45) is 0 Å². The van der Waals surface area contributed by atoms with Gasteiger partial charge in [-0.15, -0.1) is 0 Å². The molecule has 3 N–H and O–H groups in total. The molecule has 2 nitrogen and oxygen atoms in total. The minimum atomic E-state index is 0.450. The molecule has 92 valence electrons. The van der Waals surface area contributed by atoms with Gasteiger partial charge in [-0.05, 0) is 42.2 Å². The molecule has 2 aromatic carbocycles. The molecule has 0 spiro atoms. The fraction of sp³-hybridized carbons (Fsp3) is 0.200. The number of fused-ring (bicyclic) bond motifs is 1. The van der Waals surface area contributed by atoms with E-state index in [1.165, 1.54) is 11.1 Å². The van der Waals surface area contributed by atoms with Crippen molar-refractivity contribution >= 4 is 27.3 Å². The van der Waals surface area contributed by atoms with Gasteiger partial charge in [0.1, 0.15) is 0 Å². The lowest BCUT2D eigenvalue weighted by Crippen LogP contribution is -2.20. The minimum absolute atomic E-state index is 0.450. The number of hydrogen-bond donors (Lipinski definition) is 2. The van der Waals surface area contributed by atoms with E-state index in [2.05, 4.69) is 45.5 Å². The van der Waals surface area contributed by atoms with Crippen LogP contribution in [-0.2, 0) is 12.8 Å². The van der Waals surface area contributed by atoms with Gasteiger partial charge in [-0.1, -0.05) is 40.2 Å². The summed E-state index contributed by atoms with van der Waals surface area (Å²) in [7, 11) is 0. The zero-order chi connectivity index (χ0) is 12.5. The van der Waals surface area contributed by atoms with Crippen molar-refractivity contribution < 1.29 is 0 Å². The average molecular weight is 303 g/mol. The number of benzene rings is 2. The van der Waals surface area contributed by atoms with Crippen molar-refractivity contribution in [3.8, 4) is 0 Å². The summed E-state index contributed by atoms with van der Waals surface area (Å²) >= 11 is 3.42. The van der Waals surface area contributed by atoms with Crippen LogP contribution in [0, 0.1) is 0 Å². The number of anilines is 2. The molecule has 0 aromatic heterocycles. The smallest absolute Gasteiger partial charge is 0.0577 e. The van der Waals surface area contributed by atoms with Gasteiger partial charge in [-0.2, -0.15) is 0 Å². The molecule has 0 unspecified atom stereocenters. The molecular weight excluding hydrogens is 288 g/mol. The second-order valence-corrected chi connectivity index (χ2v) is 5.67. The maximum absolute atomic E-state index is 6.01. The van der Waals surface area contributed by atoms with Crippen LogP contribution in [0.15, 0.2) is 46.9 Å². The van der Waals surface area contributed by atoms with Crippen LogP contribution in [0.25, 0.3) is 0 Å². The highest BCUT2D eigenvalue weighted by Crippen LogP contribution is 2.28. The van der Waals surface area contributed by atoms with Crippen molar-refractivity contribution in [1.82, 2.24) is 0 Å². The fourth-order valence-electron chi connectivity index (χ4n) is 2.55. The van der Waals surface area contributed by atoms with E-state index in [1.54, 1.807) is 0 Å². The molecule has 0 heterocycles. The molecule has 0 saturated carbocycles. The maximum Gasteiger partial charge on any atom is 0.0577 e. The summed E-state index contributed by atoms with van der Waals surface area (Å²) in [5, 5.41) is 3.54. The maximum atomic E-state index is 6.01. The Labute approximate surface area is 115 Å². The molecular formula is C15H15BrN2. The molecule has 0 bridgehead atoms. The van der Waals surface area contributed by atoms with Crippen molar-refractivity contribution in [1.29, 1.82) is 0 Å². The largest absolute Gasteiger partial charge is 0.397 e. The number of nitrogen functional groups attached to an aromatic ring is 1. The highest BCUT2D eigenvalue weighted by Gasteiger charge is 2.20. The van der Waals surface area contributed by atoms with E-state index < -0.39 is 0 Å². The Morgan fingerprint density at radius 2 is 1.72 bits per heavy atom. The van der Waals surface area contributed by atoms with Gasteiger partial charge in [0.15, 0.2) is 0 Å². The van der Waals surface area contributed by atoms with E-state index in [-0.39, 0.29) is 0 Å². The van der Waals surface area contributed by atoms with Crippen LogP contribution in [0.5, 0.6) is 0 Å². The van der Waals surface area contributed by atoms with Crippen LogP contribution in [0.3, 0.4) is 0 Å². The van der Waals surface area contributed by atoms with E-state index in [0.29, 0.717) is 6.04 Å². The molecule has 0 saturated heterocycles. The van der Waals surface area contributed by atoms with Crippen LogP contribution >= 0.6 is 15.9 Å². The minimum Gasteiger partial charge on any atom is -0.397 e. The number of halogens is 1. The van der Waals surface area contributed by atoms with E-state index in [0.717, 1.165) is 28.7 Å². The predicted molar refractivity (Wildman–Crippen MR) is 79.8 cm³/mol. The molecule has 3 heteroatoms. The zero-order valence-corrected chi connectivity index (χ0v) is 11.6. The third-order valence-electron chi connectivity index (χ3n) is 3.42. The van der Waals surface area contributed by atoms with Gasteiger partial charge in [0, 0.05) is 10.5 Å². The molecule has 0 radical (unpaired) electrons. The molecule has 2 aromatic rings. The van der Waals surface area contributed by atoms with Crippen LogP contribution < -0.4 is 11.1 Å². The Bertz CT molecular complexity index is 555. The Hall–Kier alpha value is -1.48. The van der Waals surface area contributed by atoms with Crippen molar-refractivity contribution in [3.63, 3.8) is 0 Å². The van der Waals surface area contributed by atoms with Gasteiger partial charge in [0.2, 0.25) is 0 Å². The molecule has 0 atom stereocenters. The standard InChI is InChI=1S/C15H15BrN2/c16-12-5-6-15(14(17)9-12)18-13-7-10-3-1-2-4-11(10)8-13/h1-6,9,13,18H,7-8,17H2. The fourth-order valence-corrected chi connectivity index (χ4v) is 2.92. The van der Waals surface area contributed by atoms with Crippen molar-refractivity contribution in [3.05, 3.63) is 58.1 Å². The monoisotopic (exact) mass is 302 g/mol. The third-order valence-corrected chi connectivity index (χ3v) is 3.92. The first kappa shape index (κ1) is 11.6. The lowest BCUT2D eigenvalue weighted by atomic mass is 10.1. The van der Waals surface area contributed by atoms with Crippen LogP contribution in [0.1, 0.15) is 11.1 Å². The lowest BCUT2D eigenvalue weighted by Gasteiger charge is -2.15. The highest BCUT2D eigenvalue weighted by atomic mass is 79.9. The normalized spacial score (nSPS) is 14.5. The first-order valence-electron chi connectivity index (χ1n) is 6.11. The average Bonchev–Trinajstić information content (AvgIpc) is 2.75. The van der Waals surface area contributed by atoms with Gasteiger partial charge in [-0.25, -0.2) is 0 Å². The Morgan fingerprint density at radius 1 is 1.06 bits per heavy atom. The summed E-state index contributed by atoms with van der Waals surface area (Å²) < 4.78 is 1.01. The van der Waals surface area contributed by atoms with E-state index in [1.807, 2.05) is 18.2 Å². The summed E-state index contributed by atoms with van der Waals surface area (Å²) in [5.41, 5.74) is 10.7. The summed E-state index contributed by atoms with van der Waals surface area (Å²) in [4.78, 5) is 0. The third kappa shape index (κ3) is 2.23. The highest BCUT2D eigenvalue weighted by molar-refractivity contribution is 9.10. The van der Waals surface area contributed by atoms with Crippen LogP contribution in [-0.4, -0.2) is 6.04 Å². The second kappa shape index (κ2) is 4.65. The van der Waals surface area contributed by atoms with E-state index in [4.69, 9.17) is 5.73 Å². The van der Waals surface area contributed by atoms with Gasteiger partial charge in [0.25, 0.3) is 0 Å². The Kier molecular flexibility index (Phi) is 3.00. The molecule has 1 aliphatic carbocycles. The molecule has 18 heavy (non-hydrogen) atoms. The lowest BCUT2D eigenvalue weighted by molar-refractivity contribution is 0.775. The Balaban J connectivity index is 1.76. The van der Waals surface area contributed by atoms with Crippen molar-refractivity contribution in [2.45, 2.75) is 18.9 Å². The first-order chi connectivity index (χ1) is 8.72. The zero-order valence-electron chi connectivity index (χ0n) is 9.99. The number of nitrogens with one attached hydrogen (secondary N) is 1. The van der Waals surface area contributed by atoms with Gasteiger partial charge in [0.05, 0.1) is 11.4 Å². The summed E-state index contributed by atoms with van der Waals surface area (Å²) in [6, 6.07) is 15.1. The number of nitrogens with two attached hydrogens (primary N) is 1. The Morgan fingerprint density at radius 3 is 2.33 bits per heavy atom. The summed E-state index contributed by atoms with van der Waals surface area (Å²) in [6.45, 7) is 0. The molecule has 0 amide bonds. The van der Waals surface area contributed by atoms with E-state index in [9.17, 15) is 0 Å². The number of hydrogen-bond acceptors (Lipinski definition) is 2. The number of rotatable bonds is 2. The second-order valence-electron chi connectivity index (χ2n) is 4.75. The van der Waals surface area contributed by atoms with Crippen LogP contribution in [0.2, 0.25) is 0 Å². The predicted octanol–water partition coefficient (Wildman–Crippen LogP) is 3.61. The first-order valence-corrected chi connectivity index (χ1v) is 6.90. The van der Waals surface area contributed by atoms with Gasteiger partial charge >= 0.3 is 0 Å². The van der Waals surface area contributed by atoms with Crippen LogP contribution in [0.4, 0.5) is 11.4 Å². The van der Waals surface area contributed by atoms with E-state index >= 15 is 0 Å². The molecule has 0 aliphatic heterocycles. The molecule has 1 aliphatic rings.